The van der Waals surface area contributed by atoms with E-state index in [1.807, 2.05) is 6.92 Å². The van der Waals surface area contributed by atoms with Crippen molar-refractivity contribution < 1.29 is 20.1 Å². The number of rotatable bonds is 5. The fourth-order valence-electron chi connectivity index (χ4n) is 1.59. The Hall–Kier alpha value is -1.55. The zero-order valence-corrected chi connectivity index (χ0v) is 9.23. The lowest BCUT2D eigenvalue weighted by Gasteiger charge is -2.09. The predicted octanol–water partition coefficient (Wildman–Crippen LogP) is 1.93. The molecule has 0 bridgehead atoms. The number of unbranched alkanes of at least 4 members (excludes halogenated alkanes) is 1. The van der Waals surface area contributed by atoms with Crippen molar-refractivity contribution in [1.82, 2.24) is 0 Å². The molecular formula is C12H16O4. The molecule has 0 amide bonds. The van der Waals surface area contributed by atoms with Crippen LogP contribution < -0.4 is 0 Å². The highest BCUT2D eigenvalue weighted by atomic mass is 16.4. The summed E-state index contributed by atoms with van der Waals surface area (Å²) < 4.78 is 0. The third-order valence-electron chi connectivity index (χ3n) is 2.52. The van der Waals surface area contributed by atoms with Crippen LogP contribution in [0.2, 0.25) is 0 Å². The van der Waals surface area contributed by atoms with Crippen LogP contribution in [0, 0.1) is 0 Å². The van der Waals surface area contributed by atoms with Gasteiger partial charge >= 0.3 is 5.97 Å². The maximum absolute atomic E-state index is 10.8. The number of aromatic carboxylic acids is 1. The second-order valence-corrected chi connectivity index (χ2v) is 3.70. The van der Waals surface area contributed by atoms with E-state index in [4.69, 9.17) is 10.2 Å². The summed E-state index contributed by atoms with van der Waals surface area (Å²) in [6, 6.07) is 2.77. The molecule has 1 rings (SSSR count). The molecule has 4 nitrogen and oxygen atoms in total. The normalized spacial score (nSPS) is 10.4. The van der Waals surface area contributed by atoms with Crippen LogP contribution in [0.4, 0.5) is 0 Å². The van der Waals surface area contributed by atoms with E-state index in [1.54, 1.807) is 0 Å². The van der Waals surface area contributed by atoms with E-state index < -0.39 is 5.97 Å². The van der Waals surface area contributed by atoms with Crippen molar-refractivity contribution >= 4 is 5.97 Å². The smallest absolute Gasteiger partial charge is 0.339 e. The molecule has 16 heavy (non-hydrogen) atoms. The Balaban J connectivity index is 3.12. The van der Waals surface area contributed by atoms with E-state index in [2.05, 4.69) is 0 Å². The van der Waals surface area contributed by atoms with Gasteiger partial charge in [0, 0.05) is 0 Å². The molecule has 0 atom stereocenters. The van der Waals surface area contributed by atoms with Gasteiger partial charge < -0.3 is 15.3 Å². The van der Waals surface area contributed by atoms with Crippen molar-refractivity contribution in [2.45, 2.75) is 32.8 Å². The molecular weight excluding hydrogens is 208 g/mol. The Labute approximate surface area is 94.2 Å². The van der Waals surface area contributed by atoms with Crippen molar-refractivity contribution in [2.24, 2.45) is 0 Å². The monoisotopic (exact) mass is 224 g/mol. The van der Waals surface area contributed by atoms with Crippen molar-refractivity contribution in [2.75, 3.05) is 0 Å². The van der Waals surface area contributed by atoms with E-state index in [9.17, 15) is 9.90 Å². The molecule has 0 fully saturated rings. The topological polar surface area (TPSA) is 77.8 Å². The average Bonchev–Trinajstić information content (AvgIpc) is 2.26. The molecule has 0 saturated carbocycles. The summed E-state index contributed by atoms with van der Waals surface area (Å²) in [4.78, 5) is 10.8. The minimum atomic E-state index is -1.15. The van der Waals surface area contributed by atoms with E-state index in [0.717, 1.165) is 18.4 Å². The molecule has 0 aliphatic heterocycles. The van der Waals surface area contributed by atoms with Gasteiger partial charge in [0.15, 0.2) is 0 Å². The van der Waals surface area contributed by atoms with Gasteiger partial charge in [0.05, 0.1) is 6.61 Å². The van der Waals surface area contributed by atoms with Gasteiger partial charge in [-0.3, -0.25) is 0 Å². The standard InChI is InChI=1S/C12H16O4/c1-2-3-4-8-5-10(12(15)16)11(14)6-9(8)7-13/h5-6,13-14H,2-4,7H2,1H3,(H,15,16). The highest BCUT2D eigenvalue weighted by Crippen LogP contribution is 2.24. The lowest BCUT2D eigenvalue weighted by molar-refractivity contribution is 0.0693. The highest BCUT2D eigenvalue weighted by Gasteiger charge is 2.13. The van der Waals surface area contributed by atoms with E-state index >= 15 is 0 Å². The molecule has 0 saturated heterocycles. The van der Waals surface area contributed by atoms with Crippen LogP contribution in [-0.4, -0.2) is 21.3 Å². The summed E-state index contributed by atoms with van der Waals surface area (Å²) in [6.45, 7) is 1.85. The number of hydrogen-bond acceptors (Lipinski definition) is 3. The zero-order chi connectivity index (χ0) is 12.1. The van der Waals surface area contributed by atoms with Crippen LogP contribution in [0.1, 0.15) is 41.3 Å². The van der Waals surface area contributed by atoms with Gasteiger partial charge in [0.2, 0.25) is 0 Å². The first-order valence-corrected chi connectivity index (χ1v) is 5.29. The predicted molar refractivity (Wildman–Crippen MR) is 59.6 cm³/mol. The third kappa shape index (κ3) is 2.73. The van der Waals surface area contributed by atoms with Gasteiger partial charge in [-0.2, -0.15) is 0 Å². The van der Waals surface area contributed by atoms with Crippen LogP contribution in [0.5, 0.6) is 5.75 Å². The number of aliphatic hydroxyl groups is 1. The first-order chi connectivity index (χ1) is 7.60. The van der Waals surface area contributed by atoms with E-state index in [-0.39, 0.29) is 17.9 Å². The lowest BCUT2D eigenvalue weighted by atomic mass is 9.99. The summed E-state index contributed by atoms with van der Waals surface area (Å²) in [7, 11) is 0. The van der Waals surface area contributed by atoms with Crippen LogP contribution in [0.3, 0.4) is 0 Å². The molecule has 1 aromatic carbocycles. The highest BCUT2D eigenvalue weighted by molar-refractivity contribution is 5.91. The van der Waals surface area contributed by atoms with Gasteiger partial charge in [-0.1, -0.05) is 13.3 Å². The lowest BCUT2D eigenvalue weighted by Crippen LogP contribution is -2.02. The van der Waals surface area contributed by atoms with E-state index in [1.165, 1.54) is 12.1 Å². The fourth-order valence-corrected chi connectivity index (χ4v) is 1.59. The molecule has 0 unspecified atom stereocenters. The van der Waals surface area contributed by atoms with Crippen LogP contribution in [0.15, 0.2) is 12.1 Å². The second-order valence-electron chi connectivity index (χ2n) is 3.70. The molecule has 0 aliphatic rings. The van der Waals surface area contributed by atoms with Crippen LogP contribution in [-0.2, 0) is 13.0 Å². The van der Waals surface area contributed by atoms with Crippen LogP contribution in [0.25, 0.3) is 0 Å². The van der Waals surface area contributed by atoms with Crippen molar-refractivity contribution in [3.63, 3.8) is 0 Å². The molecule has 0 heterocycles. The molecule has 0 radical (unpaired) electrons. The number of phenols is 1. The minimum Gasteiger partial charge on any atom is -0.507 e. The molecule has 0 aliphatic carbocycles. The molecule has 4 heteroatoms. The summed E-state index contributed by atoms with van der Waals surface area (Å²) in [5.41, 5.74) is 1.28. The number of carboxylic acid groups (broad SMARTS) is 1. The Kier molecular flexibility index (Phi) is 4.31. The minimum absolute atomic E-state index is 0.108. The number of carboxylic acids is 1. The molecule has 0 spiro atoms. The van der Waals surface area contributed by atoms with Gasteiger partial charge in [-0.05, 0) is 36.1 Å². The summed E-state index contributed by atoms with van der Waals surface area (Å²) in [5, 5.41) is 27.4. The molecule has 0 aromatic heterocycles. The quantitative estimate of drug-likeness (QED) is 0.714. The first kappa shape index (κ1) is 12.5. The third-order valence-corrected chi connectivity index (χ3v) is 2.52. The largest absolute Gasteiger partial charge is 0.507 e. The molecule has 3 N–H and O–H groups in total. The average molecular weight is 224 g/mol. The van der Waals surface area contributed by atoms with Gasteiger partial charge in [-0.25, -0.2) is 4.79 Å². The number of aryl methyl sites for hydroxylation is 1. The molecule has 88 valence electrons. The molecule has 1 aromatic rings. The van der Waals surface area contributed by atoms with Gasteiger partial charge in [0.25, 0.3) is 0 Å². The van der Waals surface area contributed by atoms with Crippen molar-refractivity contribution in [3.05, 3.63) is 28.8 Å². The van der Waals surface area contributed by atoms with Gasteiger partial charge in [-0.15, -0.1) is 0 Å². The number of benzene rings is 1. The maximum Gasteiger partial charge on any atom is 0.339 e. The first-order valence-electron chi connectivity index (χ1n) is 5.29. The number of aliphatic hydroxyl groups excluding tert-OH is 1. The Morgan fingerprint density at radius 2 is 2.00 bits per heavy atom. The zero-order valence-electron chi connectivity index (χ0n) is 9.23. The van der Waals surface area contributed by atoms with Crippen molar-refractivity contribution in [3.8, 4) is 5.75 Å². The summed E-state index contributed by atoms with van der Waals surface area (Å²) >= 11 is 0. The Morgan fingerprint density at radius 1 is 1.31 bits per heavy atom. The number of hydrogen-bond donors (Lipinski definition) is 3. The van der Waals surface area contributed by atoms with E-state index in [0.29, 0.717) is 12.0 Å². The summed E-state index contributed by atoms with van der Waals surface area (Å²) in [5.74, 6) is -1.45. The fraction of sp³-hybridized carbons (Fsp3) is 0.417. The maximum atomic E-state index is 10.8. The van der Waals surface area contributed by atoms with Crippen molar-refractivity contribution in [1.29, 1.82) is 0 Å². The Bertz CT molecular complexity index is 385. The number of carbonyl (C=O) groups is 1. The van der Waals surface area contributed by atoms with Gasteiger partial charge in [0.1, 0.15) is 11.3 Å². The summed E-state index contributed by atoms with van der Waals surface area (Å²) in [6.07, 6.45) is 2.64. The second kappa shape index (κ2) is 5.51. The SMILES string of the molecule is CCCCc1cc(C(=O)O)c(O)cc1CO. The number of aromatic hydroxyl groups is 1. The Morgan fingerprint density at radius 3 is 2.50 bits per heavy atom. The van der Waals surface area contributed by atoms with Crippen LogP contribution >= 0.6 is 0 Å².